The van der Waals surface area contributed by atoms with Crippen LogP contribution in [0.3, 0.4) is 0 Å². The molecule has 2 aliphatic rings. The number of aromatic nitrogens is 8. The average molecular weight is 714 g/mol. The Labute approximate surface area is 293 Å². The first-order valence-electron chi connectivity index (χ1n) is 16.2. The number of aryl methyl sites for hydroxylation is 2. The minimum atomic E-state index is -0.319. The molecule has 0 aliphatic carbocycles. The molecule has 2 aromatic carbocycles. The van der Waals surface area contributed by atoms with E-state index in [1.54, 1.807) is 45.8 Å². The predicted octanol–water partition coefficient (Wildman–Crippen LogP) is 3.58. The van der Waals surface area contributed by atoms with Crippen molar-refractivity contribution in [3.05, 3.63) is 90.9 Å². The highest BCUT2D eigenvalue weighted by Crippen LogP contribution is 2.41. The predicted molar refractivity (Wildman–Crippen MR) is 186 cm³/mol. The third kappa shape index (κ3) is 5.44. The van der Waals surface area contributed by atoms with Crippen LogP contribution in [0.15, 0.2) is 58.4 Å². The van der Waals surface area contributed by atoms with Gasteiger partial charge in [-0.2, -0.15) is 0 Å². The van der Waals surface area contributed by atoms with E-state index in [1.165, 1.54) is 9.03 Å². The Hall–Kier alpha value is -5.34. The molecule has 0 spiro atoms. The van der Waals surface area contributed by atoms with Gasteiger partial charge in [0.2, 0.25) is 23.1 Å². The fourth-order valence-electron chi connectivity index (χ4n) is 6.75. The molecule has 8 rings (SSSR count). The molecule has 4 aromatic heterocycles. The highest BCUT2D eigenvalue weighted by molar-refractivity contribution is 6.39. The summed E-state index contributed by atoms with van der Waals surface area (Å²) in [7, 11) is 0. The molecule has 2 fully saturated rings. The first-order valence-corrected chi connectivity index (χ1v) is 16.9. The van der Waals surface area contributed by atoms with E-state index in [1.807, 2.05) is 26.0 Å². The number of carbonyl (C=O) groups excluding carboxylic acids is 2. The SMILES string of the molecule is Cc1cn2nc(-c3cccc(-c4cccc(-c5nc6c(=O)n(C[C@@H]7CCC(=O)N7)c(C)cn6n5)c4Cl)c3Cl)nc2c(=O)n1C[C@@H]1CCC(=O)N1. The zero-order valence-electron chi connectivity index (χ0n) is 27.0. The summed E-state index contributed by atoms with van der Waals surface area (Å²) in [6.07, 6.45) is 5.66. The second-order valence-electron chi connectivity index (χ2n) is 12.7. The maximum absolute atomic E-state index is 13.5. The number of nitrogens with zero attached hydrogens (tertiary/aromatic N) is 8. The molecule has 14 nitrogen and oxygen atoms in total. The molecule has 6 heterocycles. The highest BCUT2D eigenvalue weighted by atomic mass is 35.5. The van der Waals surface area contributed by atoms with Crippen molar-refractivity contribution in [3.8, 4) is 33.9 Å². The van der Waals surface area contributed by atoms with Crippen molar-refractivity contribution in [3.63, 3.8) is 0 Å². The number of halogens is 2. The molecule has 0 bridgehead atoms. The van der Waals surface area contributed by atoms with Crippen LogP contribution in [-0.4, -0.2) is 62.2 Å². The van der Waals surface area contributed by atoms with E-state index in [0.29, 0.717) is 82.5 Å². The van der Waals surface area contributed by atoms with E-state index in [2.05, 4.69) is 30.8 Å². The summed E-state index contributed by atoms with van der Waals surface area (Å²) < 4.78 is 6.10. The fourth-order valence-corrected chi connectivity index (χ4v) is 7.37. The molecule has 0 saturated carbocycles. The minimum absolute atomic E-state index is 0.0196. The largest absolute Gasteiger partial charge is 0.352 e. The number of amides is 2. The van der Waals surface area contributed by atoms with Crippen LogP contribution in [-0.2, 0) is 22.7 Å². The maximum Gasteiger partial charge on any atom is 0.296 e. The Bertz CT molecular complexity index is 2340. The van der Waals surface area contributed by atoms with Gasteiger partial charge in [0.15, 0.2) is 11.6 Å². The van der Waals surface area contributed by atoms with Gasteiger partial charge in [-0.15, -0.1) is 10.2 Å². The summed E-state index contributed by atoms with van der Waals surface area (Å²) in [6.45, 7) is 4.31. The molecule has 2 saturated heterocycles. The quantitative estimate of drug-likeness (QED) is 0.254. The Morgan fingerprint density at radius 2 is 1.06 bits per heavy atom. The topological polar surface area (TPSA) is 163 Å². The summed E-state index contributed by atoms with van der Waals surface area (Å²) in [6, 6.07) is 10.5. The van der Waals surface area contributed by atoms with Crippen molar-refractivity contribution in [1.29, 1.82) is 0 Å². The molecule has 254 valence electrons. The number of benzene rings is 2. The summed E-state index contributed by atoms with van der Waals surface area (Å²) in [5, 5.41) is 15.6. The first kappa shape index (κ1) is 31.9. The zero-order chi connectivity index (χ0) is 34.8. The van der Waals surface area contributed by atoms with E-state index in [-0.39, 0.29) is 58.0 Å². The molecule has 2 atom stereocenters. The molecule has 2 amide bonds. The Morgan fingerprint density at radius 3 is 1.44 bits per heavy atom. The van der Waals surface area contributed by atoms with Crippen molar-refractivity contribution in [2.45, 2.75) is 64.7 Å². The summed E-state index contributed by atoms with van der Waals surface area (Å²) in [5.74, 6) is 0.486. The number of hydrogen-bond acceptors (Lipinski definition) is 8. The van der Waals surface area contributed by atoms with Crippen molar-refractivity contribution in [1.82, 2.24) is 49.0 Å². The lowest BCUT2D eigenvalue weighted by Crippen LogP contribution is -2.35. The number of hydrogen-bond donors (Lipinski definition) is 2. The second kappa shape index (κ2) is 12.2. The summed E-state index contributed by atoms with van der Waals surface area (Å²) in [5.41, 5.74) is 3.19. The molecule has 2 N–H and O–H groups in total. The first-order chi connectivity index (χ1) is 24.0. The molecule has 0 radical (unpaired) electrons. The Morgan fingerprint density at radius 1 is 0.660 bits per heavy atom. The van der Waals surface area contributed by atoms with Gasteiger partial charge in [0.25, 0.3) is 11.1 Å². The average Bonchev–Trinajstić information content (AvgIpc) is 3.89. The van der Waals surface area contributed by atoms with Gasteiger partial charge in [-0.3, -0.25) is 19.2 Å². The van der Waals surface area contributed by atoms with Gasteiger partial charge in [-0.1, -0.05) is 47.5 Å². The lowest BCUT2D eigenvalue weighted by molar-refractivity contribution is -0.120. The van der Waals surface area contributed by atoms with Crippen LogP contribution in [0.4, 0.5) is 0 Å². The van der Waals surface area contributed by atoms with Gasteiger partial charge in [0, 0.05) is 71.7 Å². The third-order valence-corrected chi connectivity index (χ3v) is 10.2. The van der Waals surface area contributed by atoms with Gasteiger partial charge in [0.05, 0.1) is 22.4 Å². The van der Waals surface area contributed by atoms with E-state index >= 15 is 0 Å². The summed E-state index contributed by atoms with van der Waals surface area (Å²) in [4.78, 5) is 59.6. The smallest absolute Gasteiger partial charge is 0.296 e. The second-order valence-corrected chi connectivity index (χ2v) is 13.5. The minimum Gasteiger partial charge on any atom is -0.352 e. The normalized spacial score (nSPS) is 17.6. The lowest BCUT2D eigenvalue weighted by atomic mass is 10.00. The standard InChI is InChI=1S/C34H30Cl2N10O4/c1-17-13-45-31(33(49)43(17)15-19-9-11-25(47)37-19)39-29(41-45)23-7-3-5-21(27(23)35)22-6-4-8-24(28(22)36)30-40-32-34(50)44(18(2)14-46(32)42-30)16-20-10-12-26(48)38-20/h3-8,13-14,19-20H,9-12,15-16H2,1-2H3,(H,37,47)(H,38,48)/t19-,20-/m0/s1. The van der Waals surface area contributed by atoms with Crippen molar-refractivity contribution in [2.24, 2.45) is 0 Å². The molecule has 6 aromatic rings. The molecule has 16 heteroatoms. The fraction of sp³-hybridized carbons (Fsp3) is 0.294. The van der Waals surface area contributed by atoms with Gasteiger partial charge >= 0.3 is 0 Å². The van der Waals surface area contributed by atoms with E-state index in [4.69, 9.17) is 23.2 Å². The van der Waals surface area contributed by atoms with Crippen LogP contribution in [0.1, 0.15) is 37.1 Å². The van der Waals surface area contributed by atoms with Gasteiger partial charge < -0.3 is 19.8 Å². The maximum atomic E-state index is 13.5. The Balaban J connectivity index is 1.14. The molecular weight excluding hydrogens is 683 g/mol. The number of fused-ring (bicyclic) bond motifs is 2. The molecule has 0 unspecified atom stereocenters. The van der Waals surface area contributed by atoms with Gasteiger partial charge in [-0.05, 0) is 38.8 Å². The van der Waals surface area contributed by atoms with Crippen LogP contribution in [0.2, 0.25) is 10.0 Å². The van der Waals surface area contributed by atoms with E-state index in [9.17, 15) is 19.2 Å². The van der Waals surface area contributed by atoms with E-state index < -0.39 is 0 Å². The zero-order valence-corrected chi connectivity index (χ0v) is 28.5. The lowest BCUT2D eigenvalue weighted by Gasteiger charge is -2.14. The van der Waals surface area contributed by atoms with Gasteiger partial charge in [-0.25, -0.2) is 19.0 Å². The van der Waals surface area contributed by atoms with Crippen molar-refractivity contribution >= 4 is 46.3 Å². The highest BCUT2D eigenvalue weighted by Gasteiger charge is 2.26. The number of nitrogens with one attached hydrogen (secondary N) is 2. The Kier molecular flexibility index (Phi) is 7.79. The molecule has 50 heavy (non-hydrogen) atoms. The number of carbonyl (C=O) groups is 2. The molecule has 2 aliphatic heterocycles. The van der Waals surface area contributed by atoms with Crippen LogP contribution in [0.25, 0.3) is 45.2 Å². The third-order valence-electron chi connectivity index (χ3n) is 9.35. The van der Waals surface area contributed by atoms with E-state index in [0.717, 1.165) is 0 Å². The summed E-state index contributed by atoms with van der Waals surface area (Å²) >= 11 is 14.1. The van der Waals surface area contributed by atoms with Crippen LogP contribution in [0.5, 0.6) is 0 Å². The monoisotopic (exact) mass is 712 g/mol. The van der Waals surface area contributed by atoms with Crippen LogP contribution < -0.4 is 21.8 Å². The van der Waals surface area contributed by atoms with Gasteiger partial charge in [0.1, 0.15) is 0 Å². The number of rotatable bonds is 7. The van der Waals surface area contributed by atoms with Crippen LogP contribution in [0, 0.1) is 13.8 Å². The van der Waals surface area contributed by atoms with Crippen molar-refractivity contribution in [2.75, 3.05) is 0 Å². The molecular formula is C34H30Cl2N10O4. The van der Waals surface area contributed by atoms with Crippen LogP contribution >= 0.6 is 23.2 Å². The van der Waals surface area contributed by atoms with Crippen molar-refractivity contribution < 1.29 is 9.59 Å².